The van der Waals surface area contributed by atoms with Gasteiger partial charge in [0.25, 0.3) is 11.4 Å². The summed E-state index contributed by atoms with van der Waals surface area (Å²) in [5.41, 5.74) is 3.04. The number of rotatable bonds is 4. The maximum Gasteiger partial charge on any atom is 0.272 e. The minimum atomic E-state index is -0.450. The molecule has 0 amide bonds. The summed E-state index contributed by atoms with van der Waals surface area (Å²) >= 11 is 12.7. The van der Waals surface area contributed by atoms with Crippen LogP contribution in [0.5, 0.6) is 0 Å². The predicted octanol–water partition coefficient (Wildman–Crippen LogP) is 7.59. The van der Waals surface area contributed by atoms with E-state index in [9.17, 15) is 20.2 Å². The molecular formula is C16H17Br4N2O5P. The molecule has 28 heavy (non-hydrogen) atoms. The Bertz CT molecular complexity index is 742. The van der Waals surface area contributed by atoms with Gasteiger partial charge in [-0.2, -0.15) is 0 Å². The van der Waals surface area contributed by atoms with Crippen molar-refractivity contribution in [3.63, 3.8) is 0 Å². The first-order valence-electron chi connectivity index (χ1n) is 7.45. The molecule has 0 aromatic heterocycles. The molecule has 1 N–H and O–H groups in total. The van der Waals surface area contributed by atoms with Crippen molar-refractivity contribution in [3.05, 3.63) is 78.9 Å². The van der Waals surface area contributed by atoms with Gasteiger partial charge in [-0.05, 0) is 71.4 Å². The van der Waals surface area contributed by atoms with Crippen molar-refractivity contribution in [3.8, 4) is 0 Å². The number of nitro groups is 2. The van der Waals surface area contributed by atoms with E-state index in [2.05, 4.69) is 62.4 Å². The lowest BCUT2D eigenvalue weighted by molar-refractivity contribution is -0.385. The third-order valence-electron chi connectivity index (χ3n) is 3.28. The number of hydrogen-bond donors (Lipinski definition) is 1. The van der Waals surface area contributed by atoms with Crippen molar-refractivity contribution in [2.75, 3.05) is 0 Å². The molecule has 0 saturated heterocycles. The maximum atomic E-state index is 10.5. The van der Waals surface area contributed by atoms with E-state index in [4.69, 9.17) is 5.11 Å². The van der Waals surface area contributed by atoms with Crippen LogP contribution in [0.3, 0.4) is 0 Å². The van der Waals surface area contributed by atoms with Crippen LogP contribution in [0.1, 0.15) is 22.3 Å². The number of halogens is 4. The smallest absolute Gasteiger partial charge is 0.272 e. The SMILES string of the molecule is BrP(Br)Br.Cc1ccc(CBr)cc1[N+](=O)[O-].Cc1ccc(CO)cc1[N+](=O)[O-]. The molecule has 154 valence electrons. The molecule has 2 rings (SSSR count). The van der Waals surface area contributed by atoms with Crippen LogP contribution in [0.2, 0.25) is 0 Å². The molecule has 12 heteroatoms. The minimum absolute atomic E-state index is 0.0570. The number of benzene rings is 2. The summed E-state index contributed by atoms with van der Waals surface area (Å²) < 4.78 is -0.183. The fourth-order valence-corrected chi connectivity index (χ4v) is 2.23. The zero-order chi connectivity index (χ0) is 21.9. The van der Waals surface area contributed by atoms with Crippen LogP contribution in [0, 0.1) is 34.1 Å². The number of nitro benzene ring substituents is 2. The summed E-state index contributed by atoms with van der Waals surface area (Å²) in [6.07, 6.45) is 0. The minimum Gasteiger partial charge on any atom is -0.392 e. The Morgan fingerprint density at radius 2 is 1.25 bits per heavy atom. The molecule has 0 saturated carbocycles. The third kappa shape index (κ3) is 10.9. The van der Waals surface area contributed by atoms with Crippen molar-refractivity contribution in [2.24, 2.45) is 0 Å². The lowest BCUT2D eigenvalue weighted by atomic mass is 10.1. The molecule has 0 aliphatic heterocycles. The molecule has 0 atom stereocenters. The second kappa shape index (κ2) is 14.5. The zero-order valence-electron chi connectivity index (χ0n) is 14.8. The highest BCUT2D eigenvalue weighted by Gasteiger charge is 2.10. The van der Waals surface area contributed by atoms with Crippen LogP contribution in [0.25, 0.3) is 0 Å². The van der Waals surface area contributed by atoms with Crippen LogP contribution >= 0.6 is 66.4 Å². The van der Waals surface area contributed by atoms with Crippen LogP contribution in [0.15, 0.2) is 36.4 Å². The molecule has 0 radical (unpaired) electrons. The highest BCUT2D eigenvalue weighted by Crippen LogP contribution is 2.59. The van der Waals surface area contributed by atoms with Gasteiger partial charge in [0.2, 0.25) is 0 Å². The molecule has 0 fully saturated rings. The van der Waals surface area contributed by atoms with E-state index in [1.807, 2.05) is 6.07 Å². The Kier molecular flexibility index (Phi) is 14.3. The van der Waals surface area contributed by atoms with Gasteiger partial charge in [0.15, 0.2) is 0 Å². The second-order valence-electron chi connectivity index (χ2n) is 5.24. The molecule has 0 heterocycles. The number of aryl methyl sites for hydroxylation is 2. The van der Waals surface area contributed by atoms with E-state index in [-0.39, 0.29) is 26.9 Å². The van der Waals surface area contributed by atoms with E-state index in [0.29, 0.717) is 22.0 Å². The lowest BCUT2D eigenvalue weighted by Gasteiger charge is -1.98. The molecule has 7 nitrogen and oxygen atoms in total. The zero-order valence-corrected chi connectivity index (χ0v) is 22.1. The fraction of sp³-hybridized carbons (Fsp3) is 0.250. The first kappa shape index (κ1) is 27.5. The van der Waals surface area contributed by atoms with Crippen molar-refractivity contribution < 1.29 is 15.0 Å². The Labute approximate surface area is 196 Å². The average molecular weight is 668 g/mol. The Hall–Kier alpha value is -0.450. The van der Waals surface area contributed by atoms with Gasteiger partial charge in [-0.15, -0.1) is 0 Å². The summed E-state index contributed by atoms with van der Waals surface area (Å²) in [7, 11) is 0. The highest BCUT2D eigenvalue weighted by atomic mass is 80.0. The summed E-state index contributed by atoms with van der Waals surface area (Å²) in [5, 5.41) is 30.3. The molecule has 0 bridgehead atoms. The van der Waals surface area contributed by atoms with E-state index in [0.717, 1.165) is 5.56 Å². The van der Waals surface area contributed by atoms with Crippen molar-refractivity contribution in [2.45, 2.75) is 25.8 Å². The second-order valence-corrected chi connectivity index (χ2v) is 21.1. The normalized spacial score (nSPS) is 9.71. The van der Waals surface area contributed by atoms with Gasteiger partial charge in [-0.25, -0.2) is 0 Å². The molecule has 2 aromatic rings. The van der Waals surface area contributed by atoms with Crippen molar-refractivity contribution >= 4 is 77.8 Å². The largest absolute Gasteiger partial charge is 0.392 e. The summed E-state index contributed by atoms with van der Waals surface area (Å²) in [6, 6.07) is 9.90. The van der Waals surface area contributed by atoms with Gasteiger partial charge in [0.1, 0.15) is 4.03 Å². The number of nitrogens with zero attached hydrogens (tertiary/aromatic N) is 2. The predicted molar refractivity (Wildman–Crippen MR) is 128 cm³/mol. The van der Waals surface area contributed by atoms with Crippen LogP contribution in [-0.2, 0) is 11.9 Å². The number of hydrogen-bond acceptors (Lipinski definition) is 5. The van der Waals surface area contributed by atoms with E-state index in [1.54, 1.807) is 38.1 Å². The van der Waals surface area contributed by atoms with Crippen molar-refractivity contribution in [1.82, 2.24) is 0 Å². The van der Waals surface area contributed by atoms with Crippen LogP contribution in [-0.4, -0.2) is 15.0 Å². The Morgan fingerprint density at radius 3 is 1.57 bits per heavy atom. The maximum absolute atomic E-state index is 10.5. The van der Waals surface area contributed by atoms with E-state index >= 15 is 0 Å². The summed E-state index contributed by atoms with van der Waals surface area (Å²) in [5.74, 6) is 0. The van der Waals surface area contributed by atoms with E-state index < -0.39 is 4.92 Å². The van der Waals surface area contributed by atoms with Crippen LogP contribution < -0.4 is 0 Å². The number of aliphatic hydroxyl groups excluding tert-OH is 1. The quantitative estimate of drug-likeness (QED) is 0.157. The third-order valence-corrected chi connectivity index (χ3v) is 3.92. The highest BCUT2D eigenvalue weighted by molar-refractivity contribution is 9.93. The van der Waals surface area contributed by atoms with Gasteiger partial charge < -0.3 is 5.11 Å². The fourth-order valence-electron chi connectivity index (χ4n) is 1.88. The number of aliphatic hydroxyl groups is 1. The Morgan fingerprint density at radius 1 is 0.893 bits per heavy atom. The van der Waals surface area contributed by atoms with Gasteiger partial charge >= 0.3 is 0 Å². The van der Waals surface area contributed by atoms with Gasteiger partial charge in [-0.1, -0.05) is 40.2 Å². The molecule has 2 aromatic carbocycles. The van der Waals surface area contributed by atoms with Gasteiger partial charge in [-0.3, -0.25) is 20.2 Å². The monoisotopic (exact) mass is 664 g/mol. The summed E-state index contributed by atoms with van der Waals surface area (Å²) in [6.45, 7) is 3.23. The van der Waals surface area contributed by atoms with E-state index in [1.165, 1.54) is 6.07 Å². The lowest BCUT2D eigenvalue weighted by Crippen LogP contribution is -1.93. The molecule has 0 unspecified atom stereocenters. The molecule has 0 aliphatic rings. The summed E-state index contributed by atoms with van der Waals surface area (Å²) in [4.78, 5) is 20.1. The standard InChI is InChI=1S/C8H8BrNO2.C8H9NO3.Br3P/c1-6-2-3-7(5-9)4-8(6)10(11)12;1-6-2-3-7(5-10)4-8(6)9(11)12;1-4(2)3/h2-4H,5H2,1H3;2-4,10H,5H2,1H3;. The topological polar surface area (TPSA) is 107 Å². The average Bonchev–Trinajstić information content (AvgIpc) is 2.62. The molecule has 0 spiro atoms. The molecule has 0 aliphatic carbocycles. The van der Waals surface area contributed by atoms with Crippen LogP contribution in [0.4, 0.5) is 11.4 Å². The molecular weight excluding hydrogens is 651 g/mol. The first-order valence-corrected chi connectivity index (χ1v) is 16.0. The van der Waals surface area contributed by atoms with Gasteiger partial charge in [0, 0.05) is 28.6 Å². The van der Waals surface area contributed by atoms with Crippen molar-refractivity contribution in [1.29, 1.82) is 0 Å². The Balaban J connectivity index is 0.000000439. The first-order chi connectivity index (χ1) is 13.0. The number of alkyl halides is 1. The van der Waals surface area contributed by atoms with Gasteiger partial charge in [0.05, 0.1) is 16.5 Å².